The number of halogens is 6. The molecule has 1 heterocycles. The maximum absolute atomic E-state index is 12.7. The highest BCUT2D eigenvalue weighted by molar-refractivity contribution is 6.42. The maximum Gasteiger partial charge on any atom is 0.451 e. The van der Waals surface area contributed by atoms with Crippen molar-refractivity contribution in [1.82, 2.24) is 9.97 Å². The van der Waals surface area contributed by atoms with Gasteiger partial charge >= 0.3 is 6.18 Å². The van der Waals surface area contributed by atoms with Gasteiger partial charge in [-0.2, -0.15) is 13.2 Å². The summed E-state index contributed by atoms with van der Waals surface area (Å²) >= 11 is 17.4. The van der Waals surface area contributed by atoms with Gasteiger partial charge in [0.25, 0.3) is 0 Å². The first kappa shape index (κ1) is 16.3. The second-order valence-corrected chi connectivity index (χ2v) is 5.51. The van der Waals surface area contributed by atoms with E-state index in [1.165, 1.54) is 0 Å². The van der Waals surface area contributed by atoms with Gasteiger partial charge in [0, 0.05) is 12.0 Å². The Morgan fingerprint density at radius 3 is 2.29 bits per heavy atom. The number of rotatable bonds is 2. The van der Waals surface area contributed by atoms with E-state index in [9.17, 15) is 13.2 Å². The van der Waals surface area contributed by atoms with E-state index in [1.807, 2.05) is 0 Å². The van der Waals surface area contributed by atoms with Crippen LogP contribution in [0.25, 0.3) is 0 Å². The van der Waals surface area contributed by atoms with Crippen molar-refractivity contribution in [2.24, 2.45) is 0 Å². The molecule has 2 nitrogen and oxygen atoms in total. The van der Waals surface area contributed by atoms with E-state index in [1.54, 1.807) is 25.1 Å². The fraction of sp³-hybridized carbons (Fsp3) is 0.231. The Kier molecular flexibility index (Phi) is 4.66. The lowest BCUT2D eigenvalue weighted by Gasteiger charge is -2.11. The minimum atomic E-state index is -4.65. The van der Waals surface area contributed by atoms with Crippen LogP contribution in [0, 0.1) is 6.92 Å². The normalized spacial score (nSPS) is 11.8. The van der Waals surface area contributed by atoms with Crippen LogP contribution in [0.3, 0.4) is 0 Å². The molecule has 0 aliphatic heterocycles. The Bertz CT molecular complexity index is 687. The van der Waals surface area contributed by atoms with Crippen LogP contribution in [-0.2, 0) is 12.6 Å². The first-order chi connectivity index (χ1) is 9.68. The van der Waals surface area contributed by atoms with Crippen molar-refractivity contribution in [2.45, 2.75) is 19.5 Å². The number of benzene rings is 1. The van der Waals surface area contributed by atoms with Crippen molar-refractivity contribution in [2.75, 3.05) is 0 Å². The molecule has 112 valence electrons. The van der Waals surface area contributed by atoms with Crippen molar-refractivity contribution in [3.8, 4) is 0 Å². The van der Waals surface area contributed by atoms with Crippen molar-refractivity contribution in [3.05, 3.63) is 56.0 Å². The largest absolute Gasteiger partial charge is 0.451 e. The van der Waals surface area contributed by atoms with E-state index in [2.05, 4.69) is 9.97 Å². The molecule has 0 unspecified atom stereocenters. The zero-order chi connectivity index (χ0) is 15.8. The molecule has 0 N–H and O–H groups in total. The second kappa shape index (κ2) is 5.99. The number of alkyl halides is 3. The van der Waals surface area contributed by atoms with E-state index in [4.69, 9.17) is 34.8 Å². The Labute approximate surface area is 133 Å². The lowest BCUT2D eigenvalue weighted by Crippen LogP contribution is -2.14. The lowest BCUT2D eigenvalue weighted by atomic mass is 10.1. The van der Waals surface area contributed by atoms with Gasteiger partial charge in [0.05, 0.1) is 15.7 Å². The minimum absolute atomic E-state index is 0.147. The number of hydrogen-bond donors (Lipinski definition) is 0. The van der Waals surface area contributed by atoms with Gasteiger partial charge in [0.2, 0.25) is 5.82 Å². The topological polar surface area (TPSA) is 25.8 Å². The van der Waals surface area contributed by atoms with Crippen molar-refractivity contribution >= 4 is 34.8 Å². The summed E-state index contributed by atoms with van der Waals surface area (Å²) in [4.78, 5) is 6.82. The fourth-order valence-corrected chi connectivity index (χ4v) is 2.18. The second-order valence-electron chi connectivity index (χ2n) is 4.33. The summed E-state index contributed by atoms with van der Waals surface area (Å²) in [6.07, 6.45) is -4.50. The Morgan fingerprint density at radius 2 is 1.71 bits per heavy atom. The SMILES string of the molecule is Cc1c(Cl)nc(C(F)(F)F)nc1Cc1ccc(Cl)c(Cl)c1. The minimum Gasteiger partial charge on any atom is -0.229 e. The average Bonchev–Trinajstić information content (AvgIpc) is 2.38. The third-order valence-corrected chi connectivity index (χ3v) is 3.90. The van der Waals surface area contributed by atoms with Gasteiger partial charge in [-0.1, -0.05) is 40.9 Å². The van der Waals surface area contributed by atoms with E-state index >= 15 is 0 Å². The summed E-state index contributed by atoms with van der Waals surface area (Å²) in [5.41, 5.74) is 1.27. The highest BCUT2D eigenvalue weighted by Crippen LogP contribution is 2.30. The lowest BCUT2D eigenvalue weighted by molar-refractivity contribution is -0.145. The Hall–Kier alpha value is -1.04. The number of nitrogens with zero attached hydrogens (tertiary/aromatic N) is 2. The molecule has 0 spiro atoms. The average molecular weight is 356 g/mol. The molecule has 8 heteroatoms. The summed E-state index contributed by atoms with van der Waals surface area (Å²) in [5, 5.41) is 0.476. The Balaban J connectivity index is 2.43. The molecule has 0 atom stereocenters. The molecular formula is C13H8Cl3F3N2. The molecular weight excluding hydrogens is 348 g/mol. The summed E-state index contributed by atoms with van der Waals surface area (Å²) < 4.78 is 38.1. The third-order valence-electron chi connectivity index (χ3n) is 2.80. The van der Waals surface area contributed by atoms with Crippen LogP contribution in [0.15, 0.2) is 18.2 Å². The molecule has 21 heavy (non-hydrogen) atoms. The molecule has 2 rings (SSSR count). The Morgan fingerprint density at radius 1 is 1.05 bits per heavy atom. The van der Waals surface area contributed by atoms with E-state index in [0.717, 1.165) is 0 Å². The van der Waals surface area contributed by atoms with Crippen LogP contribution >= 0.6 is 34.8 Å². The number of aromatic nitrogens is 2. The van der Waals surface area contributed by atoms with Crippen LogP contribution < -0.4 is 0 Å². The van der Waals surface area contributed by atoms with Gasteiger partial charge in [-0.25, -0.2) is 9.97 Å². The van der Waals surface area contributed by atoms with Gasteiger partial charge in [-0.05, 0) is 24.6 Å². The molecule has 0 bridgehead atoms. The van der Waals surface area contributed by atoms with E-state index in [-0.39, 0.29) is 17.3 Å². The molecule has 0 saturated heterocycles. The van der Waals surface area contributed by atoms with Crippen LogP contribution in [0.2, 0.25) is 15.2 Å². The monoisotopic (exact) mass is 354 g/mol. The van der Waals surface area contributed by atoms with Crippen LogP contribution in [-0.4, -0.2) is 9.97 Å². The molecule has 0 saturated carbocycles. The smallest absolute Gasteiger partial charge is 0.229 e. The summed E-state index contributed by atoms with van der Waals surface area (Å²) in [5.74, 6) is -1.26. The van der Waals surface area contributed by atoms with Gasteiger partial charge in [0.1, 0.15) is 5.15 Å². The van der Waals surface area contributed by atoms with Gasteiger partial charge < -0.3 is 0 Å². The van der Waals surface area contributed by atoms with Crippen molar-refractivity contribution in [3.63, 3.8) is 0 Å². The highest BCUT2D eigenvalue weighted by Gasteiger charge is 2.35. The molecule has 1 aromatic heterocycles. The van der Waals surface area contributed by atoms with Crippen LogP contribution in [0.5, 0.6) is 0 Å². The van der Waals surface area contributed by atoms with Gasteiger partial charge in [-0.15, -0.1) is 0 Å². The first-order valence-corrected chi connectivity index (χ1v) is 6.86. The van der Waals surface area contributed by atoms with E-state index in [0.29, 0.717) is 21.2 Å². The predicted molar refractivity (Wildman–Crippen MR) is 76.0 cm³/mol. The molecule has 1 aromatic carbocycles. The molecule has 0 aliphatic carbocycles. The standard InChI is InChI=1S/C13H8Cl3F3N2/c1-6-10(5-7-2-3-8(14)9(15)4-7)20-12(13(17,18)19)21-11(6)16/h2-4H,5H2,1H3. The quantitative estimate of drug-likeness (QED) is 0.678. The van der Waals surface area contributed by atoms with Crippen LogP contribution in [0.1, 0.15) is 22.6 Å². The fourth-order valence-electron chi connectivity index (χ4n) is 1.67. The summed E-state index contributed by atoms with van der Waals surface area (Å²) in [7, 11) is 0. The summed E-state index contributed by atoms with van der Waals surface area (Å²) in [6, 6.07) is 4.81. The molecule has 0 fully saturated rings. The third kappa shape index (κ3) is 3.78. The first-order valence-electron chi connectivity index (χ1n) is 5.72. The van der Waals surface area contributed by atoms with Gasteiger partial charge in [-0.3, -0.25) is 0 Å². The maximum atomic E-state index is 12.7. The predicted octanol–water partition coefficient (Wildman–Crippen LogP) is 5.35. The molecule has 2 aromatic rings. The highest BCUT2D eigenvalue weighted by atomic mass is 35.5. The number of hydrogen-bond acceptors (Lipinski definition) is 2. The molecule has 0 aliphatic rings. The zero-order valence-electron chi connectivity index (χ0n) is 10.6. The van der Waals surface area contributed by atoms with Crippen LogP contribution in [0.4, 0.5) is 13.2 Å². The van der Waals surface area contributed by atoms with Crippen molar-refractivity contribution < 1.29 is 13.2 Å². The molecule has 0 radical (unpaired) electrons. The summed E-state index contributed by atoms with van der Waals surface area (Å²) in [6.45, 7) is 1.56. The zero-order valence-corrected chi connectivity index (χ0v) is 12.9. The van der Waals surface area contributed by atoms with E-state index < -0.39 is 12.0 Å². The van der Waals surface area contributed by atoms with Gasteiger partial charge in [0.15, 0.2) is 0 Å². The van der Waals surface area contributed by atoms with Crippen molar-refractivity contribution in [1.29, 1.82) is 0 Å². The molecule has 0 amide bonds.